The quantitative estimate of drug-likeness (QED) is 0.470. The van der Waals surface area contributed by atoms with Gasteiger partial charge in [0.2, 0.25) is 5.91 Å². The Morgan fingerprint density at radius 1 is 1.27 bits per heavy atom. The second kappa shape index (κ2) is 9.22. The number of rotatable bonds is 6. The highest BCUT2D eigenvalue weighted by Crippen LogP contribution is 2.40. The molecule has 0 aromatic heterocycles. The lowest BCUT2D eigenvalue weighted by molar-refractivity contribution is -0.139. The SMILES string of the molecule is C=CCOC(=O)C1=C(C)N(Cc2ccc(F)c(F)c2)C(=O)C[C@H]1c1ccccc1Cl. The minimum absolute atomic E-state index is 0.00462. The van der Waals surface area contributed by atoms with Gasteiger partial charge in [-0.15, -0.1) is 0 Å². The van der Waals surface area contributed by atoms with Gasteiger partial charge in [-0.05, 0) is 36.2 Å². The maximum atomic E-state index is 13.6. The summed E-state index contributed by atoms with van der Waals surface area (Å²) in [4.78, 5) is 27.2. The molecule has 1 aliphatic heterocycles. The number of hydrogen-bond donors (Lipinski definition) is 0. The van der Waals surface area contributed by atoms with Crippen molar-refractivity contribution in [2.75, 3.05) is 6.61 Å². The fraction of sp³-hybridized carbons (Fsp3) is 0.217. The minimum atomic E-state index is -1.00. The van der Waals surface area contributed by atoms with Crippen LogP contribution in [0.15, 0.2) is 66.4 Å². The Hall–Kier alpha value is -2.99. The molecule has 7 heteroatoms. The van der Waals surface area contributed by atoms with Crippen LogP contribution in [0, 0.1) is 11.6 Å². The lowest BCUT2D eigenvalue weighted by Gasteiger charge is -2.34. The van der Waals surface area contributed by atoms with Crippen LogP contribution >= 0.6 is 11.6 Å². The van der Waals surface area contributed by atoms with Crippen molar-refractivity contribution in [2.24, 2.45) is 0 Å². The van der Waals surface area contributed by atoms with Crippen LogP contribution in [0.4, 0.5) is 8.78 Å². The summed E-state index contributed by atoms with van der Waals surface area (Å²) in [6.07, 6.45) is 1.44. The second-order valence-electron chi connectivity index (χ2n) is 6.89. The van der Waals surface area contributed by atoms with E-state index in [4.69, 9.17) is 16.3 Å². The molecule has 156 valence electrons. The number of allylic oxidation sites excluding steroid dienone is 1. The van der Waals surface area contributed by atoms with Gasteiger partial charge < -0.3 is 9.64 Å². The van der Waals surface area contributed by atoms with Crippen LogP contribution in [0.1, 0.15) is 30.4 Å². The number of amides is 1. The maximum absolute atomic E-state index is 13.6. The first kappa shape index (κ1) is 21.7. The molecule has 0 N–H and O–H groups in total. The van der Waals surface area contributed by atoms with Crippen molar-refractivity contribution in [3.63, 3.8) is 0 Å². The Morgan fingerprint density at radius 2 is 2.00 bits per heavy atom. The number of hydrogen-bond acceptors (Lipinski definition) is 3. The third kappa shape index (κ3) is 4.44. The van der Waals surface area contributed by atoms with Gasteiger partial charge in [0.15, 0.2) is 11.6 Å². The predicted molar refractivity (Wildman–Crippen MR) is 110 cm³/mol. The van der Waals surface area contributed by atoms with E-state index in [0.29, 0.717) is 27.4 Å². The summed E-state index contributed by atoms with van der Waals surface area (Å²) >= 11 is 6.33. The normalized spacial score (nSPS) is 16.6. The molecule has 1 aliphatic rings. The number of carbonyl (C=O) groups is 2. The van der Waals surface area contributed by atoms with Crippen molar-refractivity contribution in [1.82, 2.24) is 4.90 Å². The van der Waals surface area contributed by atoms with Crippen molar-refractivity contribution >= 4 is 23.5 Å². The molecule has 0 unspecified atom stereocenters. The molecule has 1 amide bonds. The topological polar surface area (TPSA) is 46.6 Å². The van der Waals surface area contributed by atoms with Gasteiger partial charge in [0.25, 0.3) is 0 Å². The predicted octanol–water partition coefficient (Wildman–Crippen LogP) is 5.14. The van der Waals surface area contributed by atoms with Crippen molar-refractivity contribution < 1.29 is 23.1 Å². The summed E-state index contributed by atoms with van der Waals surface area (Å²) in [7, 11) is 0. The molecule has 1 heterocycles. The average Bonchev–Trinajstić information content (AvgIpc) is 2.72. The van der Waals surface area contributed by atoms with Crippen molar-refractivity contribution in [1.29, 1.82) is 0 Å². The summed E-state index contributed by atoms with van der Waals surface area (Å²) in [5.41, 5.74) is 1.73. The number of benzene rings is 2. The van der Waals surface area contributed by atoms with Gasteiger partial charge in [-0.25, -0.2) is 13.6 Å². The first-order valence-corrected chi connectivity index (χ1v) is 9.68. The van der Waals surface area contributed by atoms with Gasteiger partial charge in [0, 0.05) is 23.1 Å². The molecule has 0 saturated heterocycles. The highest BCUT2D eigenvalue weighted by atomic mass is 35.5. The van der Waals surface area contributed by atoms with E-state index in [-0.39, 0.29) is 25.5 Å². The largest absolute Gasteiger partial charge is 0.458 e. The Labute approximate surface area is 178 Å². The summed E-state index contributed by atoms with van der Waals surface area (Å²) in [6, 6.07) is 10.4. The summed E-state index contributed by atoms with van der Waals surface area (Å²) < 4.78 is 32.1. The minimum Gasteiger partial charge on any atom is -0.458 e. The average molecular weight is 432 g/mol. The van der Waals surface area contributed by atoms with Crippen molar-refractivity contribution in [3.05, 3.63) is 94.2 Å². The summed E-state index contributed by atoms with van der Waals surface area (Å²) in [5, 5.41) is 0.436. The number of esters is 1. The third-order valence-corrected chi connectivity index (χ3v) is 5.32. The van der Waals surface area contributed by atoms with Crippen LogP contribution < -0.4 is 0 Å². The van der Waals surface area contributed by atoms with Gasteiger partial charge in [0.05, 0.1) is 12.1 Å². The van der Waals surface area contributed by atoms with E-state index in [1.165, 1.54) is 17.0 Å². The standard InChI is InChI=1S/C23H20ClF2NO3/c1-3-10-30-23(29)22-14(2)27(13-15-8-9-19(25)20(26)11-15)21(28)12-17(22)16-6-4-5-7-18(16)24/h3-9,11,17H,1,10,12-13H2,2H3/t17-/m0/s1. The lowest BCUT2D eigenvalue weighted by Crippen LogP contribution is -2.38. The fourth-order valence-corrected chi connectivity index (χ4v) is 3.79. The van der Waals surface area contributed by atoms with Crippen LogP contribution in [-0.4, -0.2) is 23.4 Å². The van der Waals surface area contributed by atoms with Crippen molar-refractivity contribution in [3.8, 4) is 0 Å². The molecule has 0 radical (unpaired) electrons. The second-order valence-corrected chi connectivity index (χ2v) is 7.30. The Kier molecular flexibility index (Phi) is 6.67. The van der Waals surface area contributed by atoms with E-state index in [1.54, 1.807) is 31.2 Å². The maximum Gasteiger partial charge on any atom is 0.336 e. The molecule has 3 rings (SSSR count). The Morgan fingerprint density at radius 3 is 2.67 bits per heavy atom. The van der Waals surface area contributed by atoms with Gasteiger partial charge >= 0.3 is 5.97 Å². The lowest BCUT2D eigenvalue weighted by atomic mass is 9.83. The molecular weight excluding hydrogens is 412 g/mol. The van der Waals surface area contributed by atoms with Crippen LogP contribution in [0.25, 0.3) is 0 Å². The summed E-state index contributed by atoms with van der Waals surface area (Å²) in [6.45, 7) is 5.18. The Balaban J connectivity index is 2.04. The molecule has 0 aliphatic carbocycles. The first-order chi connectivity index (χ1) is 14.3. The molecule has 0 bridgehead atoms. The fourth-order valence-electron chi connectivity index (χ4n) is 3.52. The monoisotopic (exact) mass is 431 g/mol. The molecule has 0 saturated carbocycles. The third-order valence-electron chi connectivity index (χ3n) is 4.98. The van der Waals surface area contributed by atoms with E-state index in [1.807, 2.05) is 0 Å². The highest BCUT2D eigenvalue weighted by molar-refractivity contribution is 6.31. The van der Waals surface area contributed by atoms with E-state index in [0.717, 1.165) is 12.1 Å². The zero-order valence-electron chi connectivity index (χ0n) is 16.3. The van der Waals surface area contributed by atoms with E-state index in [9.17, 15) is 18.4 Å². The smallest absolute Gasteiger partial charge is 0.336 e. The van der Waals surface area contributed by atoms with Crippen LogP contribution in [0.3, 0.4) is 0 Å². The van der Waals surface area contributed by atoms with Crippen LogP contribution in [0.2, 0.25) is 5.02 Å². The zero-order valence-corrected chi connectivity index (χ0v) is 17.1. The van der Waals surface area contributed by atoms with Crippen molar-refractivity contribution in [2.45, 2.75) is 25.8 Å². The Bertz CT molecular complexity index is 1030. The zero-order chi connectivity index (χ0) is 21.8. The van der Waals surface area contributed by atoms with Gasteiger partial charge in [-0.1, -0.05) is 48.5 Å². The molecule has 1 atom stereocenters. The molecule has 2 aromatic rings. The number of carbonyl (C=O) groups excluding carboxylic acids is 2. The van der Waals surface area contributed by atoms with Gasteiger partial charge in [-0.2, -0.15) is 0 Å². The molecular formula is C23H20ClF2NO3. The van der Waals surface area contributed by atoms with E-state index in [2.05, 4.69) is 6.58 Å². The first-order valence-electron chi connectivity index (χ1n) is 9.31. The van der Waals surface area contributed by atoms with Gasteiger partial charge in [0.1, 0.15) is 6.61 Å². The number of halogens is 3. The highest BCUT2D eigenvalue weighted by Gasteiger charge is 2.37. The number of ether oxygens (including phenoxy) is 1. The molecule has 2 aromatic carbocycles. The molecule has 30 heavy (non-hydrogen) atoms. The van der Waals surface area contributed by atoms with Crippen LogP contribution in [-0.2, 0) is 20.9 Å². The molecule has 0 spiro atoms. The van der Waals surface area contributed by atoms with E-state index >= 15 is 0 Å². The summed E-state index contributed by atoms with van der Waals surface area (Å²) in [5.74, 6) is -3.39. The number of nitrogens with zero attached hydrogens (tertiary/aromatic N) is 1. The van der Waals surface area contributed by atoms with Gasteiger partial charge in [-0.3, -0.25) is 4.79 Å². The molecule has 4 nitrogen and oxygen atoms in total. The molecule has 0 fully saturated rings. The van der Waals surface area contributed by atoms with E-state index < -0.39 is 23.5 Å². The van der Waals surface area contributed by atoms with Crippen LogP contribution in [0.5, 0.6) is 0 Å².